The number of nitrogens with one attached hydrogen (secondary N) is 1. The van der Waals surface area contributed by atoms with E-state index in [1.165, 1.54) is 10.4 Å². The van der Waals surface area contributed by atoms with Crippen LogP contribution in [-0.4, -0.2) is 36.3 Å². The van der Waals surface area contributed by atoms with E-state index in [1.807, 2.05) is 32.0 Å². The standard InChI is InChI=1S/C20H27N3O3S/c1-14-8-9-17(12-15(14)2)21-20(24)18-13-19(16(3)22(18)4)27(25,26)23-10-6-5-7-11-23/h8-9,12-13H,5-7,10-11H2,1-4H3,(H,21,24). The zero-order valence-electron chi connectivity index (χ0n) is 16.4. The second-order valence-electron chi connectivity index (χ2n) is 7.26. The van der Waals surface area contributed by atoms with Gasteiger partial charge in [0.1, 0.15) is 10.6 Å². The van der Waals surface area contributed by atoms with Crippen molar-refractivity contribution in [3.63, 3.8) is 0 Å². The van der Waals surface area contributed by atoms with Crippen LogP contribution < -0.4 is 5.32 Å². The molecule has 0 aliphatic carbocycles. The van der Waals surface area contributed by atoms with Crippen LogP contribution in [0, 0.1) is 20.8 Å². The summed E-state index contributed by atoms with van der Waals surface area (Å²) in [6, 6.07) is 7.21. The number of hydrogen-bond donors (Lipinski definition) is 1. The molecule has 0 bridgehead atoms. The first-order valence-corrected chi connectivity index (χ1v) is 10.7. The van der Waals surface area contributed by atoms with Gasteiger partial charge in [-0.25, -0.2) is 8.42 Å². The molecule has 1 fully saturated rings. The van der Waals surface area contributed by atoms with Gasteiger partial charge in [0.05, 0.1) is 0 Å². The summed E-state index contributed by atoms with van der Waals surface area (Å²) in [4.78, 5) is 13.0. The number of carbonyl (C=O) groups excluding carboxylic acids is 1. The van der Waals surface area contributed by atoms with E-state index >= 15 is 0 Å². The van der Waals surface area contributed by atoms with E-state index in [4.69, 9.17) is 0 Å². The number of aromatic nitrogens is 1. The lowest BCUT2D eigenvalue weighted by Crippen LogP contribution is -2.35. The molecule has 1 N–H and O–H groups in total. The number of rotatable bonds is 4. The van der Waals surface area contributed by atoms with Crippen molar-refractivity contribution in [2.75, 3.05) is 18.4 Å². The number of piperidine rings is 1. The van der Waals surface area contributed by atoms with Gasteiger partial charge in [-0.1, -0.05) is 12.5 Å². The molecule has 1 saturated heterocycles. The smallest absolute Gasteiger partial charge is 0.272 e. The fourth-order valence-corrected chi connectivity index (χ4v) is 5.20. The summed E-state index contributed by atoms with van der Waals surface area (Å²) >= 11 is 0. The number of benzene rings is 1. The number of nitrogens with zero attached hydrogens (tertiary/aromatic N) is 2. The number of anilines is 1. The van der Waals surface area contributed by atoms with Crippen LogP contribution in [0.4, 0.5) is 5.69 Å². The Balaban J connectivity index is 1.90. The normalized spacial score (nSPS) is 15.7. The second-order valence-corrected chi connectivity index (χ2v) is 9.16. The first kappa shape index (κ1) is 19.6. The van der Waals surface area contributed by atoms with Crippen LogP contribution in [0.1, 0.15) is 46.6 Å². The van der Waals surface area contributed by atoms with Crippen molar-refractivity contribution in [3.8, 4) is 0 Å². The molecule has 0 atom stereocenters. The zero-order chi connectivity index (χ0) is 19.8. The van der Waals surface area contributed by atoms with Crippen LogP contribution in [0.25, 0.3) is 0 Å². The Morgan fingerprint density at radius 2 is 1.67 bits per heavy atom. The Bertz CT molecular complexity index is 971. The zero-order valence-corrected chi connectivity index (χ0v) is 17.2. The van der Waals surface area contributed by atoms with Gasteiger partial charge in [0, 0.05) is 31.5 Å². The minimum Gasteiger partial charge on any atom is -0.343 e. The van der Waals surface area contributed by atoms with E-state index in [9.17, 15) is 13.2 Å². The van der Waals surface area contributed by atoms with Crippen LogP contribution >= 0.6 is 0 Å². The molecule has 1 aromatic heterocycles. The van der Waals surface area contributed by atoms with Crippen molar-refractivity contribution >= 4 is 21.6 Å². The van der Waals surface area contributed by atoms with Gasteiger partial charge in [-0.15, -0.1) is 0 Å². The summed E-state index contributed by atoms with van der Waals surface area (Å²) in [5, 5.41) is 2.87. The molecule has 2 heterocycles. The molecule has 1 aliphatic heterocycles. The van der Waals surface area contributed by atoms with Crippen molar-refractivity contribution in [1.82, 2.24) is 8.87 Å². The van der Waals surface area contributed by atoms with Gasteiger partial charge < -0.3 is 9.88 Å². The third-order valence-electron chi connectivity index (χ3n) is 5.42. The molecule has 2 aromatic rings. The molecule has 0 radical (unpaired) electrons. The number of carbonyl (C=O) groups is 1. The summed E-state index contributed by atoms with van der Waals surface area (Å²) in [5.74, 6) is -0.316. The molecule has 1 aromatic carbocycles. The summed E-state index contributed by atoms with van der Waals surface area (Å²) in [7, 11) is -1.86. The Hall–Kier alpha value is -2.12. The highest BCUT2D eigenvalue weighted by Gasteiger charge is 2.30. The Morgan fingerprint density at radius 1 is 1.00 bits per heavy atom. The van der Waals surface area contributed by atoms with Gasteiger partial charge in [0.2, 0.25) is 10.0 Å². The molecule has 1 amide bonds. The van der Waals surface area contributed by atoms with E-state index in [-0.39, 0.29) is 10.8 Å². The molecule has 6 nitrogen and oxygen atoms in total. The highest BCUT2D eigenvalue weighted by molar-refractivity contribution is 7.89. The minimum atomic E-state index is -3.58. The number of aryl methyl sites for hydroxylation is 2. The summed E-state index contributed by atoms with van der Waals surface area (Å²) < 4.78 is 29.2. The van der Waals surface area contributed by atoms with E-state index < -0.39 is 10.0 Å². The molecule has 0 unspecified atom stereocenters. The monoisotopic (exact) mass is 389 g/mol. The lowest BCUT2D eigenvalue weighted by Gasteiger charge is -2.25. The predicted octanol–water partition coefficient (Wildman–Crippen LogP) is 3.38. The van der Waals surface area contributed by atoms with Crippen molar-refractivity contribution in [2.24, 2.45) is 7.05 Å². The van der Waals surface area contributed by atoms with Crippen molar-refractivity contribution in [3.05, 3.63) is 46.8 Å². The lowest BCUT2D eigenvalue weighted by atomic mass is 10.1. The fraction of sp³-hybridized carbons (Fsp3) is 0.450. The van der Waals surface area contributed by atoms with Crippen molar-refractivity contribution in [1.29, 1.82) is 0 Å². The summed E-state index contributed by atoms with van der Waals surface area (Å²) in [5.41, 5.74) is 3.84. The molecule has 146 valence electrons. The maximum absolute atomic E-state index is 13.0. The molecule has 7 heteroatoms. The molecule has 0 spiro atoms. The molecule has 0 saturated carbocycles. The van der Waals surface area contributed by atoms with Crippen molar-refractivity contribution < 1.29 is 13.2 Å². The average molecular weight is 390 g/mol. The van der Waals surface area contributed by atoms with Gasteiger partial charge in [0.15, 0.2) is 0 Å². The number of hydrogen-bond acceptors (Lipinski definition) is 3. The Labute approximate surface area is 161 Å². The molecular formula is C20H27N3O3S. The Kier molecular flexibility index (Phi) is 5.44. The summed E-state index contributed by atoms with van der Waals surface area (Å²) in [6.07, 6.45) is 2.82. The third-order valence-corrected chi connectivity index (χ3v) is 7.43. The van der Waals surface area contributed by atoms with Gasteiger partial charge in [0.25, 0.3) is 5.91 Å². The van der Waals surface area contributed by atoms with Crippen LogP contribution in [0.15, 0.2) is 29.2 Å². The quantitative estimate of drug-likeness (QED) is 0.871. The molecule has 1 aliphatic rings. The van der Waals surface area contributed by atoms with Crippen LogP contribution in [0.5, 0.6) is 0 Å². The van der Waals surface area contributed by atoms with E-state index in [0.717, 1.165) is 30.4 Å². The van der Waals surface area contributed by atoms with Gasteiger partial charge >= 0.3 is 0 Å². The molecular weight excluding hydrogens is 362 g/mol. The SMILES string of the molecule is Cc1ccc(NC(=O)c2cc(S(=O)(=O)N3CCCCC3)c(C)n2C)cc1C. The topological polar surface area (TPSA) is 71.4 Å². The maximum Gasteiger partial charge on any atom is 0.272 e. The van der Waals surface area contributed by atoms with Crippen LogP contribution in [-0.2, 0) is 17.1 Å². The molecule has 27 heavy (non-hydrogen) atoms. The third kappa shape index (κ3) is 3.80. The van der Waals surface area contributed by atoms with E-state index in [1.54, 1.807) is 18.5 Å². The van der Waals surface area contributed by atoms with E-state index in [2.05, 4.69) is 5.32 Å². The van der Waals surface area contributed by atoms with Crippen LogP contribution in [0.2, 0.25) is 0 Å². The Morgan fingerprint density at radius 3 is 2.30 bits per heavy atom. The van der Waals surface area contributed by atoms with E-state index in [0.29, 0.717) is 30.2 Å². The fourth-order valence-electron chi connectivity index (χ4n) is 3.41. The van der Waals surface area contributed by atoms with Crippen molar-refractivity contribution in [2.45, 2.75) is 44.9 Å². The highest BCUT2D eigenvalue weighted by atomic mass is 32.2. The molecule has 3 rings (SSSR count). The van der Waals surface area contributed by atoms with Crippen LogP contribution in [0.3, 0.4) is 0 Å². The largest absolute Gasteiger partial charge is 0.343 e. The minimum absolute atomic E-state index is 0.220. The first-order chi connectivity index (χ1) is 12.7. The summed E-state index contributed by atoms with van der Waals surface area (Å²) in [6.45, 7) is 6.82. The number of sulfonamides is 1. The number of amides is 1. The lowest BCUT2D eigenvalue weighted by molar-refractivity contribution is 0.101. The predicted molar refractivity (Wildman–Crippen MR) is 107 cm³/mol. The highest BCUT2D eigenvalue weighted by Crippen LogP contribution is 2.26. The van der Waals surface area contributed by atoms with Gasteiger partial charge in [-0.2, -0.15) is 4.31 Å². The van der Waals surface area contributed by atoms with Gasteiger partial charge in [-0.05, 0) is 62.9 Å². The maximum atomic E-state index is 13.0. The first-order valence-electron chi connectivity index (χ1n) is 9.27. The van der Waals surface area contributed by atoms with Gasteiger partial charge in [-0.3, -0.25) is 4.79 Å². The average Bonchev–Trinajstić information content (AvgIpc) is 2.95. The second kappa shape index (κ2) is 7.48.